The average molecular weight is 408 g/mol. The van der Waals surface area contributed by atoms with Gasteiger partial charge in [0.2, 0.25) is 0 Å². The molecule has 156 valence electrons. The van der Waals surface area contributed by atoms with Crippen LogP contribution in [0.3, 0.4) is 0 Å². The van der Waals surface area contributed by atoms with Gasteiger partial charge in [-0.05, 0) is 69.5 Å². The Kier molecular flexibility index (Phi) is 5.24. The van der Waals surface area contributed by atoms with Gasteiger partial charge in [-0.2, -0.15) is 0 Å². The zero-order valence-electron chi connectivity index (χ0n) is 16.0. The van der Waals surface area contributed by atoms with E-state index in [1.165, 1.54) is 18.9 Å². The molecule has 0 bridgehead atoms. The molecule has 3 heterocycles. The number of hydrogen-bond acceptors (Lipinski definition) is 6. The maximum Gasteiger partial charge on any atom is 0.573 e. The highest BCUT2D eigenvalue weighted by molar-refractivity contribution is 5.72. The SMILES string of the molecule is Cc1cc(OC(F)(F)F)cc(O)c1-c1ccc(N[C@@H]2CCCN3CCC[C@H]23)nn1. The first-order valence-electron chi connectivity index (χ1n) is 9.74. The maximum atomic E-state index is 12.4. The van der Waals surface area contributed by atoms with E-state index in [0.29, 0.717) is 34.7 Å². The van der Waals surface area contributed by atoms with Crippen molar-refractivity contribution in [1.82, 2.24) is 15.1 Å². The van der Waals surface area contributed by atoms with Gasteiger partial charge in [0, 0.05) is 23.7 Å². The second-order valence-electron chi connectivity index (χ2n) is 7.62. The summed E-state index contributed by atoms with van der Waals surface area (Å²) in [5, 5.41) is 22.1. The summed E-state index contributed by atoms with van der Waals surface area (Å²) in [7, 11) is 0. The van der Waals surface area contributed by atoms with Gasteiger partial charge in [-0.3, -0.25) is 4.90 Å². The lowest BCUT2D eigenvalue weighted by Gasteiger charge is -2.37. The van der Waals surface area contributed by atoms with Crippen LogP contribution in [0, 0.1) is 6.92 Å². The van der Waals surface area contributed by atoms with Gasteiger partial charge in [0.25, 0.3) is 0 Å². The fourth-order valence-electron chi connectivity index (χ4n) is 4.45. The largest absolute Gasteiger partial charge is 0.573 e. The number of aromatic hydroxyl groups is 1. The quantitative estimate of drug-likeness (QED) is 0.794. The van der Waals surface area contributed by atoms with E-state index >= 15 is 0 Å². The van der Waals surface area contributed by atoms with Crippen LogP contribution in [-0.4, -0.2) is 51.7 Å². The first-order valence-corrected chi connectivity index (χ1v) is 9.74. The monoisotopic (exact) mass is 408 g/mol. The van der Waals surface area contributed by atoms with Crippen LogP contribution < -0.4 is 10.1 Å². The number of ether oxygens (including phenoxy) is 1. The molecule has 0 amide bonds. The number of piperidine rings is 1. The minimum absolute atomic E-state index is 0.332. The molecule has 2 atom stereocenters. The van der Waals surface area contributed by atoms with Crippen LogP contribution in [0.15, 0.2) is 24.3 Å². The molecule has 29 heavy (non-hydrogen) atoms. The van der Waals surface area contributed by atoms with Crippen LogP contribution in [0.4, 0.5) is 19.0 Å². The Labute approximate surface area is 166 Å². The van der Waals surface area contributed by atoms with Crippen LogP contribution in [0.2, 0.25) is 0 Å². The summed E-state index contributed by atoms with van der Waals surface area (Å²) in [4.78, 5) is 2.52. The van der Waals surface area contributed by atoms with Gasteiger partial charge in [-0.15, -0.1) is 23.4 Å². The highest BCUT2D eigenvalue weighted by Gasteiger charge is 2.35. The van der Waals surface area contributed by atoms with E-state index in [1.807, 2.05) is 0 Å². The second kappa shape index (κ2) is 7.70. The molecule has 0 spiro atoms. The van der Waals surface area contributed by atoms with Gasteiger partial charge in [-0.1, -0.05) is 0 Å². The lowest BCUT2D eigenvalue weighted by atomic mass is 9.96. The number of alkyl halides is 3. The Morgan fingerprint density at radius 1 is 1.14 bits per heavy atom. The van der Waals surface area contributed by atoms with Crippen molar-refractivity contribution in [1.29, 1.82) is 0 Å². The third kappa shape index (κ3) is 4.39. The van der Waals surface area contributed by atoms with E-state index in [4.69, 9.17) is 0 Å². The van der Waals surface area contributed by atoms with Crippen molar-refractivity contribution in [3.63, 3.8) is 0 Å². The number of phenolic OH excluding ortho intramolecular Hbond substituents is 1. The minimum Gasteiger partial charge on any atom is -0.507 e. The number of anilines is 1. The molecular formula is C20H23F3N4O2. The Morgan fingerprint density at radius 3 is 2.55 bits per heavy atom. The van der Waals surface area contributed by atoms with Gasteiger partial charge < -0.3 is 15.2 Å². The lowest BCUT2D eigenvalue weighted by molar-refractivity contribution is -0.274. The van der Waals surface area contributed by atoms with Crippen molar-refractivity contribution in [2.75, 3.05) is 18.4 Å². The second-order valence-corrected chi connectivity index (χ2v) is 7.62. The number of benzene rings is 1. The summed E-state index contributed by atoms with van der Waals surface area (Å²) in [6.45, 7) is 3.89. The minimum atomic E-state index is -4.82. The van der Waals surface area contributed by atoms with Crippen LogP contribution >= 0.6 is 0 Å². The van der Waals surface area contributed by atoms with Crippen LogP contribution in [0.5, 0.6) is 11.5 Å². The number of nitrogens with zero attached hydrogens (tertiary/aromatic N) is 3. The highest BCUT2D eigenvalue weighted by atomic mass is 19.4. The number of aryl methyl sites for hydroxylation is 1. The zero-order valence-corrected chi connectivity index (χ0v) is 16.0. The van der Waals surface area contributed by atoms with Gasteiger partial charge >= 0.3 is 6.36 Å². The summed E-state index contributed by atoms with van der Waals surface area (Å²) >= 11 is 0. The smallest absolute Gasteiger partial charge is 0.507 e. The average Bonchev–Trinajstić information content (AvgIpc) is 3.11. The van der Waals surface area contributed by atoms with Gasteiger partial charge in [-0.25, -0.2) is 0 Å². The molecule has 9 heteroatoms. The number of fused-ring (bicyclic) bond motifs is 1. The third-order valence-corrected chi connectivity index (χ3v) is 5.61. The number of nitrogens with one attached hydrogen (secondary N) is 1. The molecule has 2 saturated heterocycles. The number of hydrogen-bond donors (Lipinski definition) is 2. The van der Waals surface area contributed by atoms with Crippen LogP contribution in [0.1, 0.15) is 31.2 Å². The predicted octanol–water partition coefficient (Wildman–Crippen LogP) is 4.09. The molecule has 0 aliphatic carbocycles. The van der Waals surface area contributed by atoms with E-state index in [9.17, 15) is 18.3 Å². The highest BCUT2D eigenvalue weighted by Crippen LogP contribution is 2.37. The molecule has 0 saturated carbocycles. The Morgan fingerprint density at radius 2 is 1.90 bits per heavy atom. The first kappa shape index (κ1) is 19.8. The van der Waals surface area contributed by atoms with Crippen molar-refractivity contribution in [2.24, 2.45) is 0 Å². The van der Waals surface area contributed by atoms with Gasteiger partial charge in [0.05, 0.1) is 5.69 Å². The van der Waals surface area contributed by atoms with Crippen molar-refractivity contribution in [3.05, 3.63) is 29.8 Å². The molecule has 2 aromatic rings. The third-order valence-electron chi connectivity index (χ3n) is 5.61. The van der Waals surface area contributed by atoms with Crippen molar-refractivity contribution < 1.29 is 23.0 Å². The first-order chi connectivity index (χ1) is 13.8. The number of rotatable bonds is 4. The molecule has 1 aromatic carbocycles. The van der Waals surface area contributed by atoms with E-state index in [2.05, 4.69) is 25.2 Å². The van der Waals surface area contributed by atoms with E-state index in [0.717, 1.165) is 32.0 Å². The molecule has 2 N–H and O–H groups in total. The van der Waals surface area contributed by atoms with E-state index in [-0.39, 0.29) is 5.75 Å². The summed E-state index contributed by atoms with van der Waals surface area (Å²) in [6, 6.07) is 6.50. The summed E-state index contributed by atoms with van der Waals surface area (Å²) in [5.41, 5.74) is 1.13. The van der Waals surface area contributed by atoms with E-state index < -0.39 is 12.1 Å². The lowest BCUT2D eigenvalue weighted by Crippen LogP contribution is -2.47. The molecule has 0 radical (unpaired) electrons. The summed E-state index contributed by atoms with van der Waals surface area (Å²) in [5.74, 6) is -0.157. The summed E-state index contributed by atoms with van der Waals surface area (Å²) in [6.07, 6.45) is -0.172. The topological polar surface area (TPSA) is 70.5 Å². The normalized spacial score (nSPS) is 22.3. The standard InChI is InChI=1S/C20H23F3N4O2/c1-12-10-13(29-20(21,22)23)11-17(28)19(12)15-6-7-18(26-25-15)24-14-4-2-8-27-9-3-5-16(14)27/h6-7,10-11,14,16,28H,2-5,8-9H2,1H3,(H,24,26)/t14-,16-/m1/s1. The van der Waals surface area contributed by atoms with E-state index in [1.54, 1.807) is 19.1 Å². The molecular weight excluding hydrogens is 385 g/mol. The molecule has 2 fully saturated rings. The fraction of sp³-hybridized carbons (Fsp3) is 0.500. The van der Waals surface area contributed by atoms with Crippen LogP contribution in [-0.2, 0) is 0 Å². The predicted molar refractivity (Wildman–Crippen MR) is 102 cm³/mol. The van der Waals surface area contributed by atoms with Gasteiger partial charge in [0.15, 0.2) is 0 Å². The Bertz CT molecular complexity index is 850. The molecule has 2 aliphatic rings. The number of aromatic nitrogens is 2. The molecule has 1 aromatic heterocycles. The fourth-order valence-corrected chi connectivity index (χ4v) is 4.45. The van der Waals surface area contributed by atoms with Crippen molar-refractivity contribution in [3.8, 4) is 22.8 Å². The van der Waals surface area contributed by atoms with Crippen molar-refractivity contribution >= 4 is 5.82 Å². The Hall–Kier alpha value is -2.55. The van der Waals surface area contributed by atoms with Crippen molar-refractivity contribution in [2.45, 2.75) is 51.1 Å². The maximum absolute atomic E-state index is 12.4. The number of halogens is 3. The van der Waals surface area contributed by atoms with Crippen LogP contribution in [0.25, 0.3) is 11.3 Å². The number of phenols is 1. The Balaban J connectivity index is 1.50. The van der Waals surface area contributed by atoms with Gasteiger partial charge in [0.1, 0.15) is 17.3 Å². The molecule has 0 unspecified atom stereocenters. The molecule has 2 aliphatic heterocycles. The molecule has 4 rings (SSSR count). The molecule has 6 nitrogen and oxygen atoms in total. The zero-order chi connectivity index (χ0) is 20.6. The summed E-state index contributed by atoms with van der Waals surface area (Å²) < 4.78 is 41.1.